The number of fused-ring (bicyclic) bond motifs is 2. The minimum absolute atomic E-state index is 0.196. The number of H-pyrrole nitrogens is 1. The van der Waals surface area contributed by atoms with Crippen LogP contribution in [0.2, 0.25) is 0 Å². The number of aromatic amines is 1. The van der Waals surface area contributed by atoms with Gasteiger partial charge in [-0.3, -0.25) is 9.98 Å². The number of aromatic nitrogens is 2. The van der Waals surface area contributed by atoms with E-state index in [0.29, 0.717) is 0 Å². The van der Waals surface area contributed by atoms with E-state index in [2.05, 4.69) is 46.4 Å². The fourth-order valence-electron chi connectivity index (χ4n) is 4.35. The predicted octanol–water partition coefficient (Wildman–Crippen LogP) is 4.31. The van der Waals surface area contributed by atoms with E-state index < -0.39 is 0 Å². The molecule has 1 aromatic heterocycles. The van der Waals surface area contributed by atoms with Crippen LogP contribution in [-0.4, -0.2) is 15.6 Å². The van der Waals surface area contributed by atoms with Gasteiger partial charge in [0.1, 0.15) is 0 Å². The lowest BCUT2D eigenvalue weighted by molar-refractivity contribution is 0.365. The first-order valence-corrected chi connectivity index (χ1v) is 9.85. The molecule has 1 fully saturated rings. The van der Waals surface area contributed by atoms with Gasteiger partial charge in [0, 0.05) is 0 Å². The highest BCUT2D eigenvalue weighted by molar-refractivity contribution is 5.81. The summed E-state index contributed by atoms with van der Waals surface area (Å²) in [6.07, 6.45) is 11.8. The van der Waals surface area contributed by atoms with Crippen LogP contribution in [0.25, 0.3) is 22.2 Å². The highest BCUT2D eigenvalue weighted by Crippen LogP contribution is 2.31. The maximum Gasteiger partial charge on any atom is 0.151 e. The van der Waals surface area contributed by atoms with Crippen LogP contribution in [0.3, 0.4) is 0 Å². The monoisotopic (exact) mass is 344 g/mol. The Morgan fingerprint density at radius 2 is 1.42 bits per heavy atom. The molecule has 4 heteroatoms. The van der Waals surface area contributed by atoms with E-state index >= 15 is 0 Å². The molecule has 26 heavy (non-hydrogen) atoms. The van der Waals surface area contributed by atoms with Crippen LogP contribution >= 0.6 is 0 Å². The van der Waals surface area contributed by atoms with Gasteiger partial charge in [0.25, 0.3) is 0 Å². The molecule has 1 spiro atoms. The Labute approximate surface area is 153 Å². The van der Waals surface area contributed by atoms with Crippen LogP contribution in [0.4, 0.5) is 0 Å². The Hall–Kier alpha value is -2.49. The normalized spacial score (nSPS) is 19.2. The van der Waals surface area contributed by atoms with Crippen molar-refractivity contribution < 1.29 is 0 Å². The number of imidazole rings is 1. The topological polar surface area (TPSA) is 53.4 Å². The highest BCUT2D eigenvalue weighted by atomic mass is 15.1. The molecule has 1 aliphatic heterocycles. The largest absolute Gasteiger partial charge is 0.345 e. The molecular weight excluding hydrogens is 320 g/mol. The zero-order valence-electron chi connectivity index (χ0n) is 15.0. The molecule has 0 unspecified atom stereocenters. The third kappa shape index (κ3) is 2.83. The van der Waals surface area contributed by atoms with Crippen molar-refractivity contribution in [3.8, 4) is 11.1 Å². The fraction of sp³-hybridized carbons (Fsp3) is 0.409. The molecule has 1 aliphatic carbocycles. The van der Waals surface area contributed by atoms with Crippen molar-refractivity contribution in [3.05, 3.63) is 53.4 Å². The molecule has 1 saturated carbocycles. The van der Waals surface area contributed by atoms with E-state index in [4.69, 9.17) is 9.98 Å². The van der Waals surface area contributed by atoms with Gasteiger partial charge in [-0.1, -0.05) is 37.8 Å². The van der Waals surface area contributed by atoms with Gasteiger partial charge in [0.2, 0.25) is 0 Å². The summed E-state index contributed by atoms with van der Waals surface area (Å²) in [5.41, 5.74) is 4.25. The number of nitrogens with zero attached hydrogens (tertiary/aromatic N) is 3. The van der Waals surface area contributed by atoms with Gasteiger partial charge in [-0.25, -0.2) is 4.98 Å². The van der Waals surface area contributed by atoms with Gasteiger partial charge in [0.05, 0.1) is 28.1 Å². The molecule has 132 valence electrons. The summed E-state index contributed by atoms with van der Waals surface area (Å²) in [5.74, 6) is 0. The third-order valence-electron chi connectivity index (χ3n) is 5.79. The minimum atomic E-state index is -0.196. The Kier molecular flexibility index (Phi) is 3.84. The first-order valence-electron chi connectivity index (χ1n) is 9.85. The number of rotatable bonds is 1. The van der Waals surface area contributed by atoms with E-state index in [1.54, 1.807) is 6.33 Å². The number of nitrogens with one attached hydrogen (secondary N) is 1. The molecule has 0 atom stereocenters. The Bertz CT molecular complexity index is 1050. The van der Waals surface area contributed by atoms with E-state index in [9.17, 15) is 0 Å². The molecule has 0 bridgehead atoms. The first kappa shape index (κ1) is 15.7. The second-order valence-electron chi connectivity index (χ2n) is 7.67. The van der Waals surface area contributed by atoms with E-state index in [1.165, 1.54) is 49.7 Å². The molecule has 1 N–H and O–H groups in total. The summed E-state index contributed by atoms with van der Waals surface area (Å²) < 4.78 is 0. The number of benzene rings is 2. The van der Waals surface area contributed by atoms with Crippen molar-refractivity contribution in [2.24, 2.45) is 9.98 Å². The van der Waals surface area contributed by atoms with Crippen LogP contribution in [0.15, 0.2) is 52.7 Å². The van der Waals surface area contributed by atoms with E-state index in [0.717, 1.165) is 34.6 Å². The van der Waals surface area contributed by atoms with Crippen molar-refractivity contribution in [3.63, 3.8) is 0 Å². The first-order chi connectivity index (χ1) is 12.8. The maximum atomic E-state index is 5.14. The Balaban J connectivity index is 1.53. The zero-order valence-corrected chi connectivity index (χ0v) is 15.0. The van der Waals surface area contributed by atoms with Gasteiger partial charge in [-0.05, 0) is 61.1 Å². The van der Waals surface area contributed by atoms with Crippen LogP contribution in [0.1, 0.15) is 51.4 Å². The van der Waals surface area contributed by atoms with Crippen LogP contribution in [0, 0.1) is 0 Å². The Morgan fingerprint density at radius 1 is 0.731 bits per heavy atom. The van der Waals surface area contributed by atoms with Crippen molar-refractivity contribution in [2.75, 3.05) is 0 Å². The second kappa shape index (κ2) is 6.35. The van der Waals surface area contributed by atoms with Crippen molar-refractivity contribution in [2.45, 2.75) is 57.0 Å². The molecule has 0 radical (unpaired) electrons. The Morgan fingerprint density at radius 3 is 2.27 bits per heavy atom. The summed E-state index contributed by atoms with van der Waals surface area (Å²) in [7, 11) is 0. The van der Waals surface area contributed by atoms with Crippen LogP contribution in [-0.2, 0) is 0 Å². The molecule has 0 amide bonds. The van der Waals surface area contributed by atoms with Gasteiger partial charge in [0.15, 0.2) is 5.66 Å². The lowest BCUT2D eigenvalue weighted by Gasteiger charge is -2.22. The summed E-state index contributed by atoms with van der Waals surface area (Å²) in [4.78, 5) is 17.7. The van der Waals surface area contributed by atoms with Gasteiger partial charge in [-0.2, -0.15) is 0 Å². The molecular formula is C22H24N4. The predicted molar refractivity (Wildman–Crippen MR) is 104 cm³/mol. The average molecular weight is 344 g/mol. The highest BCUT2D eigenvalue weighted by Gasteiger charge is 2.30. The van der Waals surface area contributed by atoms with Gasteiger partial charge >= 0.3 is 0 Å². The molecule has 2 aliphatic rings. The van der Waals surface area contributed by atoms with Crippen molar-refractivity contribution >= 4 is 11.0 Å². The maximum absolute atomic E-state index is 5.14. The second-order valence-corrected chi connectivity index (χ2v) is 7.67. The van der Waals surface area contributed by atoms with Crippen LogP contribution in [0.5, 0.6) is 0 Å². The van der Waals surface area contributed by atoms with Crippen molar-refractivity contribution in [1.29, 1.82) is 0 Å². The SMILES string of the molecule is c1nc2ccc(-c3ccc4c(c3)=NC3(CCCCCCCC3)N=4)cc2[nH]1. The summed E-state index contributed by atoms with van der Waals surface area (Å²) in [6.45, 7) is 0. The third-order valence-corrected chi connectivity index (χ3v) is 5.79. The number of hydrogen-bond acceptors (Lipinski definition) is 3. The summed E-state index contributed by atoms with van der Waals surface area (Å²) >= 11 is 0. The quantitative estimate of drug-likeness (QED) is 0.702. The zero-order chi connectivity index (χ0) is 17.4. The van der Waals surface area contributed by atoms with Crippen LogP contribution < -0.4 is 10.7 Å². The molecule has 5 rings (SSSR count). The summed E-state index contributed by atoms with van der Waals surface area (Å²) in [5, 5.41) is 2.13. The molecule has 2 heterocycles. The molecule has 3 aromatic rings. The molecule has 4 nitrogen and oxygen atoms in total. The summed E-state index contributed by atoms with van der Waals surface area (Å²) in [6, 6.07) is 12.9. The molecule has 2 aromatic carbocycles. The van der Waals surface area contributed by atoms with Gasteiger partial charge in [-0.15, -0.1) is 0 Å². The van der Waals surface area contributed by atoms with Crippen molar-refractivity contribution in [1.82, 2.24) is 9.97 Å². The number of hydrogen-bond donors (Lipinski definition) is 1. The van der Waals surface area contributed by atoms with E-state index in [-0.39, 0.29) is 5.66 Å². The van der Waals surface area contributed by atoms with Gasteiger partial charge < -0.3 is 4.98 Å². The average Bonchev–Trinajstić information content (AvgIpc) is 3.28. The standard InChI is InChI=1S/C22H24N4/c1-2-4-6-12-22(11-5-3-1)25-19-10-8-17(14-21(19)26-22)16-7-9-18-20(13-16)24-15-23-18/h7-10,13-15H,1-6,11-12H2,(H,23,24). The smallest absolute Gasteiger partial charge is 0.151 e. The lowest BCUT2D eigenvalue weighted by Crippen LogP contribution is -2.22. The lowest BCUT2D eigenvalue weighted by atomic mass is 9.99. The fourth-order valence-corrected chi connectivity index (χ4v) is 4.35. The van der Waals surface area contributed by atoms with E-state index in [1.807, 2.05) is 0 Å². The minimum Gasteiger partial charge on any atom is -0.345 e. The molecule has 0 saturated heterocycles.